The maximum absolute atomic E-state index is 12.4. The lowest BCUT2D eigenvalue weighted by Gasteiger charge is -2.39. The van der Waals surface area contributed by atoms with Crippen LogP contribution in [0.1, 0.15) is 45.4 Å². The number of hydrogen-bond donors (Lipinski definition) is 2. The summed E-state index contributed by atoms with van der Waals surface area (Å²) in [6, 6.07) is 0. The molecule has 0 spiro atoms. The van der Waals surface area contributed by atoms with Crippen molar-refractivity contribution in [2.24, 2.45) is 0 Å². The van der Waals surface area contributed by atoms with Gasteiger partial charge in [-0.2, -0.15) is 0 Å². The predicted molar refractivity (Wildman–Crippen MR) is 121 cm³/mol. The van der Waals surface area contributed by atoms with Crippen molar-refractivity contribution in [1.29, 1.82) is 0 Å². The third kappa shape index (κ3) is 5.58. The summed E-state index contributed by atoms with van der Waals surface area (Å²) >= 11 is 0. The van der Waals surface area contributed by atoms with Gasteiger partial charge in [0.2, 0.25) is 0 Å². The molecule has 0 amide bonds. The lowest BCUT2D eigenvalue weighted by molar-refractivity contribution is -0.0334. The summed E-state index contributed by atoms with van der Waals surface area (Å²) in [5, 5.41) is 10.8. The first-order chi connectivity index (χ1) is 13.0. The van der Waals surface area contributed by atoms with Crippen molar-refractivity contribution in [2.45, 2.75) is 102 Å². The van der Waals surface area contributed by atoms with Crippen molar-refractivity contribution in [2.75, 3.05) is 0 Å². The molecular weight excluding hydrogens is 404 g/mol. The molecule has 0 radical (unpaired) electrons. The first-order valence-electron chi connectivity index (χ1n) is 10.4. The van der Waals surface area contributed by atoms with Crippen molar-refractivity contribution in [3.8, 4) is 0 Å². The largest absolute Gasteiger partial charge is 0.411 e. The maximum Gasteiger partial charge on any atom is 0.330 e. The third-order valence-corrected chi connectivity index (χ3v) is 13.1. The molecule has 9 heteroatoms. The van der Waals surface area contributed by atoms with Crippen molar-refractivity contribution >= 4 is 16.4 Å². The molecule has 1 aromatic rings. The summed E-state index contributed by atoms with van der Waals surface area (Å²) in [6.45, 7) is 19.0. The molecule has 1 saturated heterocycles. The van der Waals surface area contributed by atoms with Crippen LogP contribution in [-0.4, -0.2) is 49.0 Å². The summed E-state index contributed by atoms with van der Waals surface area (Å²) in [6.07, 6.45) is 1.53. The molecule has 166 valence electrons. The van der Waals surface area contributed by atoms with Crippen LogP contribution < -0.4 is 11.2 Å². The smallest absolute Gasteiger partial charge is 0.330 e. The highest BCUT2D eigenvalue weighted by atomic mass is 28.4. The van der Waals surface area contributed by atoms with Gasteiger partial charge >= 0.3 is 5.69 Å². The monoisotopic (exact) mass is 442 g/mol. The summed E-state index contributed by atoms with van der Waals surface area (Å²) in [4.78, 5) is 26.5. The average molecular weight is 443 g/mol. The Bertz CT molecular complexity index is 835. The molecule has 1 aliphatic heterocycles. The van der Waals surface area contributed by atoms with Crippen LogP contribution in [0.15, 0.2) is 15.8 Å². The van der Waals surface area contributed by atoms with Gasteiger partial charge in [-0.25, -0.2) is 4.79 Å². The van der Waals surface area contributed by atoms with E-state index < -0.39 is 34.0 Å². The lowest BCUT2D eigenvalue weighted by atomic mass is 10.1. The van der Waals surface area contributed by atoms with Gasteiger partial charge in [-0.05, 0) is 31.5 Å². The highest BCUT2D eigenvalue weighted by molar-refractivity contribution is 6.77. The van der Waals surface area contributed by atoms with Crippen molar-refractivity contribution in [3.63, 3.8) is 0 Å². The number of aryl methyl sites for hydroxylation is 1. The highest BCUT2D eigenvalue weighted by Gasteiger charge is 2.46. The second-order valence-corrected chi connectivity index (χ2v) is 21.0. The van der Waals surface area contributed by atoms with Crippen LogP contribution in [0.25, 0.3) is 0 Å². The van der Waals surface area contributed by atoms with Gasteiger partial charge in [0.1, 0.15) is 6.23 Å². The predicted octanol–water partition coefficient (Wildman–Crippen LogP) is 3.15. The molecule has 1 aromatic heterocycles. The zero-order valence-electron chi connectivity index (χ0n) is 19.3. The average Bonchev–Trinajstić information content (AvgIpc) is 2.90. The fraction of sp³-hybridized carbons (Fsp3) is 0.800. The Hall–Kier alpha value is -1.01. The molecule has 0 aliphatic carbocycles. The van der Waals surface area contributed by atoms with Crippen LogP contribution in [0.3, 0.4) is 0 Å². The van der Waals surface area contributed by atoms with Crippen molar-refractivity contribution in [1.82, 2.24) is 9.55 Å². The molecular formula is C20H38N2O5Si2. The van der Waals surface area contributed by atoms with Gasteiger partial charge < -0.3 is 14.3 Å². The molecule has 2 N–H and O–H groups in total. The Labute approximate surface area is 175 Å². The van der Waals surface area contributed by atoms with Gasteiger partial charge in [0.25, 0.3) is 5.56 Å². The fourth-order valence-corrected chi connectivity index (χ4v) is 5.43. The van der Waals surface area contributed by atoms with Crippen LogP contribution in [0, 0.1) is 6.92 Å². The van der Waals surface area contributed by atoms with Crippen LogP contribution in [-0.2, 0) is 9.16 Å². The van der Waals surface area contributed by atoms with Crippen LogP contribution >= 0.6 is 0 Å². The quantitative estimate of drug-likeness (QED) is 0.660. The van der Waals surface area contributed by atoms with Gasteiger partial charge in [0.05, 0.1) is 20.3 Å². The molecule has 0 bridgehead atoms. The fourth-order valence-electron chi connectivity index (χ4n) is 3.13. The molecule has 4 atom stereocenters. The zero-order valence-corrected chi connectivity index (χ0v) is 21.3. The van der Waals surface area contributed by atoms with E-state index in [4.69, 9.17) is 9.16 Å². The number of aromatic amines is 1. The second kappa shape index (κ2) is 8.26. The van der Waals surface area contributed by atoms with Crippen molar-refractivity contribution < 1.29 is 14.3 Å². The number of hydrogen-bond acceptors (Lipinski definition) is 5. The number of aliphatic hydroxyl groups excluding tert-OH is 1. The summed E-state index contributed by atoms with van der Waals surface area (Å²) < 4.78 is 14.4. The van der Waals surface area contributed by atoms with E-state index in [1.54, 1.807) is 13.1 Å². The lowest BCUT2D eigenvalue weighted by Crippen LogP contribution is -2.48. The van der Waals surface area contributed by atoms with E-state index in [0.717, 1.165) is 0 Å². The molecule has 7 nitrogen and oxygen atoms in total. The minimum atomic E-state index is -2.07. The molecule has 0 aromatic carbocycles. The van der Waals surface area contributed by atoms with E-state index in [-0.39, 0.29) is 22.8 Å². The summed E-state index contributed by atoms with van der Waals surface area (Å²) in [5.74, 6) is 0. The Morgan fingerprint density at radius 3 is 2.38 bits per heavy atom. The number of aromatic nitrogens is 2. The number of H-pyrrole nitrogens is 1. The minimum absolute atomic E-state index is 0.0401. The van der Waals surface area contributed by atoms with Gasteiger partial charge in [-0.1, -0.05) is 40.4 Å². The number of nitrogens with zero attached hydrogens (tertiary/aromatic N) is 1. The topological polar surface area (TPSA) is 93.6 Å². The Balaban J connectivity index is 2.34. The zero-order chi connectivity index (χ0) is 22.4. The summed E-state index contributed by atoms with van der Waals surface area (Å²) in [7, 11) is -3.83. The first kappa shape index (κ1) is 24.3. The Kier molecular flexibility index (Phi) is 6.91. The first-order valence-corrected chi connectivity index (χ1v) is 16.8. The van der Waals surface area contributed by atoms with E-state index in [0.29, 0.717) is 18.4 Å². The number of ether oxygens (including phenoxy) is 1. The molecule has 0 saturated carbocycles. The van der Waals surface area contributed by atoms with Gasteiger partial charge in [0.15, 0.2) is 8.32 Å². The second-order valence-electron chi connectivity index (χ2n) is 10.9. The number of rotatable bonds is 6. The molecule has 1 fully saturated rings. The van der Waals surface area contributed by atoms with E-state index in [1.165, 1.54) is 4.57 Å². The highest BCUT2D eigenvalue weighted by Crippen LogP contribution is 2.41. The van der Waals surface area contributed by atoms with Gasteiger partial charge in [-0.3, -0.25) is 14.3 Å². The minimum Gasteiger partial charge on any atom is -0.411 e. The molecule has 2 heterocycles. The molecule has 29 heavy (non-hydrogen) atoms. The van der Waals surface area contributed by atoms with E-state index in [2.05, 4.69) is 58.5 Å². The maximum atomic E-state index is 12.4. The standard InChI is InChI=1S/C20H38N2O5Si2/c1-13-12-22(19(25)21-18(13)24)16-10-15(27-29(8,9)20(2,3)4)14(26-16)11-17(23)28(5,6)7/h12,14-17,23H,10-11H2,1-9H3,(H,21,24,25)/t14-,15-,16-,17?/m1/s1. The van der Waals surface area contributed by atoms with Crippen LogP contribution in [0.2, 0.25) is 37.8 Å². The molecule has 1 unspecified atom stereocenters. The van der Waals surface area contributed by atoms with E-state index >= 15 is 0 Å². The van der Waals surface area contributed by atoms with Gasteiger partial charge in [-0.15, -0.1) is 0 Å². The SMILES string of the molecule is Cc1cn([C@H]2C[C@@H](O[Si](C)(C)C(C)(C)C)[C@@H](CC(O)[Si](C)(C)C)O2)c(=O)[nH]c1=O. The molecule has 1 aliphatic rings. The normalized spacial score (nSPS) is 24.7. The third-order valence-electron chi connectivity index (χ3n) is 6.34. The number of nitrogens with one attached hydrogen (secondary N) is 1. The van der Waals surface area contributed by atoms with E-state index in [1.807, 2.05) is 0 Å². The van der Waals surface area contributed by atoms with Crippen LogP contribution in [0.4, 0.5) is 0 Å². The van der Waals surface area contributed by atoms with Gasteiger partial charge in [0, 0.05) is 23.9 Å². The van der Waals surface area contributed by atoms with Crippen LogP contribution in [0.5, 0.6) is 0 Å². The number of aliphatic hydroxyl groups is 1. The Morgan fingerprint density at radius 1 is 1.28 bits per heavy atom. The molecule has 2 rings (SSSR count). The Morgan fingerprint density at radius 2 is 1.86 bits per heavy atom. The van der Waals surface area contributed by atoms with Crippen molar-refractivity contribution in [3.05, 3.63) is 32.6 Å². The summed E-state index contributed by atoms with van der Waals surface area (Å²) in [5.41, 5.74) is -0.835. The van der Waals surface area contributed by atoms with E-state index in [9.17, 15) is 14.7 Å².